The van der Waals surface area contributed by atoms with E-state index in [4.69, 9.17) is 14.2 Å². The van der Waals surface area contributed by atoms with E-state index < -0.39 is 11.8 Å². The molecule has 0 bridgehead atoms. The first-order valence-corrected chi connectivity index (χ1v) is 7.73. The van der Waals surface area contributed by atoms with Crippen LogP contribution in [-0.4, -0.2) is 32.1 Å². The van der Waals surface area contributed by atoms with Gasteiger partial charge in [-0.3, -0.25) is 9.59 Å². The molecule has 0 aliphatic carbocycles. The molecule has 2 aromatic carbocycles. The normalized spacial score (nSPS) is 12.2. The molecule has 1 aliphatic heterocycles. The first-order valence-electron chi connectivity index (χ1n) is 7.73. The van der Waals surface area contributed by atoms with Crippen LogP contribution in [0.4, 0.5) is 11.4 Å². The monoisotopic (exact) mass is 342 g/mol. The highest BCUT2D eigenvalue weighted by Gasteiger charge is 2.18. The Hall–Kier alpha value is -3.22. The molecule has 25 heavy (non-hydrogen) atoms. The molecule has 7 nitrogen and oxygen atoms in total. The highest BCUT2D eigenvalue weighted by Crippen LogP contribution is 2.32. The lowest BCUT2D eigenvalue weighted by molar-refractivity contribution is -0.133. The van der Waals surface area contributed by atoms with Gasteiger partial charge in [-0.2, -0.15) is 0 Å². The van der Waals surface area contributed by atoms with Gasteiger partial charge in [-0.05, 0) is 36.8 Å². The summed E-state index contributed by atoms with van der Waals surface area (Å²) >= 11 is 0. The van der Waals surface area contributed by atoms with E-state index in [1.54, 1.807) is 30.3 Å². The Morgan fingerprint density at radius 3 is 2.44 bits per heavy atom. The molecule has 130 valence electrons. The third kappa shape index (κ3) is 3.82. The third-order valence-corrected chi connectivity index (χ3v) is 3.61. The number of carbonyl (C=O) groups is 2. The van der Waals surface area contributed by atoms with E-state index in [0.717, 1.165) is 5.56 Å². The molecule has 3 rings (SSSR count). The topological polar surface area (TPSA) is 85.9 Å². The number of anilines is 2. The van der Waals surface area contributed by atoms with Crippen LogP contribution in [-0.2, 0) is 9.59 Å². The van der Waals surface area contributed by atoms with Crippen LogP contribution in [0.15, 0.2) is 36.4 Å². The SMILES string of the molecule is COc1ccc(C)cc1NC(=O)C(=O)Nc1ccc2c(c1)OCCO2. The summed E-state index contributed by atoms with van der Waals surface area (Å²) in [5.41, 5.74) is 1.81. The van der Waals surface area contributed by atoms with Crippen LogP contribution in [0.1, 0.15) is 5.56 Å². The lowest BCUT2D eigenvalue weighted by atomic mass is 10.2. The van der Waals surface area contributed by atoms with E-state index in [-0.39, 0.29) is 0 Å². The Morgan fingerprint density at radius 1 is 0.960 bits per heavy atom. The van der Waals surface area contributed by atoms with Crippen LogP contribution in [0.5, 0.6) is 17.2 Å². The highest BCUT2D eigenvalue weighted by atomic mass is 16.6. The zero-order valence-corrected chi connectivity index (χ0v) is 13.9. The molecule has 0 saturated heterocycles. The van der Waals surface area contributed by atoms with Gasteiger partial charge in [-0.15, -0.1) is 0 Å². The predicted octanol–water partition coefficient (Wildman–Crippen LogP) is 2.35. The van der Waals surface area contributed by atoms with Gasteiger partial charge in [-0.25, -0.2) is 0 Å². The first-order chi connectivity index (χ1) is 12.1. The van der Waals surface area contributed by atoms with Crippen molar-refractivity contribution in [2.45, 2.75) is 6.92 Å². The second-order valence-corrected chi connectivity index (χ2v) is 5.47. The minimum Gasteiger partial charge on any atom is -0.495 e. The number of rotatable bonds is 3. The lowest BCUT2D eigenvalue weighted by Gasteiger charge is -2.19. The molecular formula is C18H18N2O5. The van der Waals surface area contributed by atoms with Crippen molar-refractivity contribution >= 4 is 23.2 Å². The summed E-state index contributed by atoms with van der Waals surface area (Å²) in [6, 6.07) is 10.3. The average Bonchev–Trinajstić information content (AvgIpc) is 2.61. The Labute approximate surface area is 144 Å². The third-order valence-electron chi connectivity index (χ3n) is 3.61. The number of ether oxygens (including phenoxy) is 3. The molecule has 1 heterocycles. The van der Waals surface area contributed by atoms with Gasteiger partial charge < -0.3 is 24.8 Å². The predicted molar refractivity (Wildman–Crippen MR) is 92.4 cm³/mol. The summed E-state index contributed by atoms with van der Waals surface area (Å²) in [5, 5.41) is 5.09. The van der Waals surface area contributed by atoms with Crippen molar-refractivity contribution in [1.29, 1.82) is 0 Å². The van der Waals surface area contributed by atoms with Crippen molar-refractivity contribution in [2.24, 2.45) is 0 Å². The molecule has 7 heteroatoms. The number of aryl methyl sites for hydroxylation is 1. The number of nitrogens with one attached hydrogen (secondary N) is 2. The molecule has 0 saturated carbocycles. The standard InChI is InChI=1S/C18H18N2O5/c1-11-3-5-14(23-2)13(9-11)20-18(22)17(21)19-12-4-6-15-16(10-12)25-8-7-24-15/h3-6,9-10H,7-8H2,1-2H3,(H,19,21)(H,20,22). The summed E-state index contributed by atoms with van der Waals surface area (Å²) in [5.74, 6) is 0.0353. The summed E-state index contributed by atoms with van der Waals surface area (Å²) in [7, 11) is 1.50. The molecule has 0 atom stereocenters. The Balaban J connectivity index is 1.69. The van der Waals surface area contributed by atoms with Crippen LogP contribution in [0, 0.1) is 6.92 Å². The van der Waals surface area contributed by atoms with Crippen molar-refractivity contribution in [3.8, 4) is 17.2 Å². The number of carbonyl (C=O) groups excluding carboxylic acids is 2. The fraction of sp³-hybridized carbons (Fsp3) is 0.222. The number of amides is 2. The fourth-order valence-electron chi connectivity index (χ4n) is 2.41. The van der Waals surface area contributed by atoms with E-state index >= 15 is 0 Å². The summed E-state index contributed by atoms with van der Waals surface area (Å²) in [6.07, 6.45) is 0. The fourth-order valence-corrected chi connectivity index (χ4v) is 2.41. The quantitative estimate of drug-likeness (QED) is 0.836. The molecule has 0 radical (unpaired) electrons. The number of fused-ring (bicyclic) bond motifs is 1. The maximum atomic E-state index is 12.2. The second kappa shape index (κ2) is 7.12. The van der Waals surface area contributed by atoms with E-state index in [9.17, 15) is 9.59 Å². The average molecular weight is 342 g/mol. The van der Waals surface area contributed by atoms with Gasteiger partial charge in [-0.1, -0.05) is 6.07 Å². The molecule has 2 N–H and O–H groups in total. The minimum atomic E-state index is -0.793. The highest BCUT2D eigenvalue weighted by molar-refractivity contribution is 6.43. The van der Waals surface area contributed by atoms with E-state index in [1.165, 1.54) is 7.11 Å². The van der Waals surface area contributed by atoms with Crippen LogP contribution in [0.3, 0.4) is 0 Å². The summed E-state index contributed by atoms with van der Waals surface area (Å²) in [4.78, 5) is 24.3. The maximum absolute atomic E-state index is 12.2. The summed E-state index contributed by atoms with van der Waals surface area (Å²) in [6.45, 7) is 2.81. The Kier molecular flexibility index (Phi) is 4.74. The van der Waals surface area contributed by atoms with Crippen LogP contribution in [0.2, 0.25) is 0 Å². The molecule has 1 aliphatic rings. The molecule has 0 unspecified atom stereocenters. The largest absolute Gasteiger partial charge is 0.495 e. The second-order valence-electron chi connectivity index (χ2n) is 5.47. The van der Waals surface area contributed by atoms with Gasteiger partial charge in [0.25, 0.3) is 0 Å². The van der Waals surface area contributed by atoms with Crippen molar-refractivity contribution in [3.05, 3.63) is 42.0 Å². The van der Waals surface area contributed by atoms with E-state index in [1.807, 2.05) is 13.0 Å². The number of methoxy groups -OCH3 is 1. The summed E-state index contributed by atoms with van der Waals surface area (Å²) < 4.78 is 16.1. The lowest BCUT2D eigenvalue weighted by Crippen LogP contribution is -2.29. The van der Waals surface area contributed by atoms with Crippen molar-refractivity contribution in [2.75, 3.05) is 31.0 Å². The number of benzene rings is 2. The maximum Gasteiger partial charge on any atom is 0.314 e. The van der Waals surface area contributed by atoms with Gasteiger partial charge in [0, 0.05) is 11.8 Å². The minimum absolute atomic E-state index is 0.435. The number of hydrogen-bond donors (Lipinski definition) is 2. The van der Waals surface area contributed by atoms with E-state index in [0.29, 0.717) is 41.8 Å². The smallest absolute Gasteiger partial charge is 0.314 e. The van der Waals surface area contributed by atoms with Crippen molar-refractivity contribution in [3.63, 3.8) is 0 Å². The zero-order chi connectivity index (χ0) is 17.8. The molecule has 2 aromatic rings. The van der Waals surface area contributed by atoms with Gasteiger partial charge >= 0.3 is 11.8 Å². The van der Waals surface area contributed by atoms with Crippen LogP contribution < -0.4 is 24.8 Å². The molecule has 0 aromatic heterocycles. The molecule has 0 fully saturated rings. The van der Waals surface area contributed by atoms with Gasteiger partial charge in [0.1, 0.15) is 19.0 Å². The Bertz CT molecular complexity index is 819. The number of hydrogen-bond acceptors (Lipinski definition) is 5. The van der Waals surface area contributed by atoms with Crippen molar-refractivity contribution < 1.29 is 23.8 Å². The molecular weight excluding hydrogens is 324 g/mol. The molecule has 2 amide bonds. The van der Waals surface area contributed by atoms with Gasteiger partial charge in [0.2, 0.25) is 0 Å². The van der Waals surface area contributed by atoms with Crippen LogP contribution >= 0.6 is 0 Å². The Morgan fingerprint density at radius 2 is 1.68 bits per heavy atom. The molecule has 0 spiro atoms. The zero-order valence-electron chi connectivity index (χ0n) is 13.9. The van der Waals surface area contributed by atoms with Crippen molar-refractivity contribution in [1.82, 2.24) is 0 Å². The first kappa shape index (κ1) is 16.6. The van der Waals surface area contributed by atoms with E-state index in [2.05, 4.69) is 10.6 Å². The van der Waals surface area contributed by atoms with Gasteiger partial charge in [0.05, 0.1) is 12.8 Å². The van der Waals surface area contributed by atoms with Crippen LogP contribution in [0.25, 0.3) is 0 Å². The van der Waals surface area contributed by atoms with Gasteiger partial charge in [0.15, 0.2) is 11.5 Å².